The van der Waals surface area contributed by atoms with E-state index in [1.54, 1.807) is 18.2 Å². The van der Waals surface area contributed by atoms with Crippen LogP contribution in [-0.4, -0.2) is 42.5 Å². The molecule has 0 spiro atoms. The van der Waals surface area contributed by atoms with E-state index >= 15 is 0 Å². The summed E-state index contributed by atoms with van der Waals surface area (Å²) in [5, 5.41) is 3.04. The number of hydrogen-bond acceptors (Lipinski definition) is 6. The first kappa shape index (κ1) is 18.6. The number of hydrogen-bond donors (Lipinski definition) is 1. The first-order chi connectivity index (χ1) is 12.9. The van der Waals surface area contributed by atoms with Gasteiger partial charge in [-0.15, -0.1) is 0 Å². The summed E-state index contributed by atoms with van der Waals surface area (Å²) < 4.78 is 15.7. The molecule has 1 aromatic carbocycles. The fourth-order valence-corrected chi connectivity index (χ4v) is 5.71. The van der Waals surface area contributed by atoms with Crippen LogP contribution in [-0.2, 0) is 23.9 Å². The predicted octanol–water partition coefficient (Wildman–Crippen LogP) is 2.40. The summed E-state index contributed by atoms with van der Waals surface area (Å²) in [6, 6.07) is 4.80. The first-order valence-electron chi connectivity index (χ1n) is 8.55. The minimum Gasteiger partial charge on any atom is -0.495 e. The van der Waals surface area contributed by atoms with Gasteiger partial charge in [0.05, 0.1) is 29.5 Å². The van der Waals surface area contributed by atoms with E-state index in [1.807, 2.05) is 0 Å². The molecule has 0 unspecified atom stereocenters. The molecular weight excluding hydrogens is 442 g/mol. The maximum Gasteiger partial charge on any atom is 0.310 e. The van der Waals surface area contributed by atoms with Gasteiger partial charge in [0, 0.05) is 10.9 Å². The van der Waals surface area contributed by atoms with E-state index in [4.69, 9.17) is 25.8 Å². The van der Waals surface area contributed by atoms with Crippen LogP contribution in [0.3, 0.4) is 0 Å². The molecule has 3 fully saturated rings. The van der Waals surface area contributed by atoms with Crippen molar-refractivity contribution in [3.8, 4) is 5.75 Å². The van der Waals surface area contributed by atoms with Gasteiger partial charge in [0.25, 0.3) is 5.91 Å². The maximum absolute atomic E-state index is 12.6. The van der Waals surface area contributed by atoms with Gasteiger partial charge in [0.1, 0.15) is 11.9 Å². The number of ether oxygens (including phenoxy) is 3. The first-order valence-corrected chi connectivity index (χ1v) is 9.84. The quantitative estimate of drug-likeness (QED) is 0.538. The topological polar surface area (TPSA) is 90.9 Å². The number of amides is 1. The summed E-state index contributed by atoms with van der Waals surface area (Å²) >= 11 is 9.47. The number of halogens is 2. The number of benzene rings is 1. The summed E-state index contributed by atoms with van der Waals surface area (Å²) in [7, 11) is 1.47. The van der Waals surface area contributed by atoms with Gasteiger partial charge in [-0.3, -0.25) is 14.4 Å². The number of anilines is 1. The molecule has 2 aliphatic carbocycles. The summed E-state index contributed by atoms with van der Waals surface area (Å²) in [5.74, 6) is -1.96. The highest BCUT2D eigenvalue weighted by molar-refractivity contribution is 9.09. The third-order valence-electron chi connectivity index (χ3n) is 5.58. The summed E-state index contributed by atoms with van der Waals surface area (Å²) in [4.78, 5) is 36.8. The molecule has 27 heavy (non-hydrogen) atoms. The molecule has 2 bridgehead atoms. The Morgan fingerprint density at radius 2 is 2.15 bits per heavy atom. The molecule has 4 rings (SSSR count). The van der Waals surface area contributed by atoms with Crippen molar-refractivity contribution in [3.63, 3.8) is 0 Å². The van der Waals surface area contributed by atoms with Crippen molar-refractivity contribution >= 4 is 51.1 Å². The van der Waals surface area contributed by atoms with Crippen LogP contribution < -0.4 is 10.1 Å². The zero-order chi connectivity index (χ0) is 19.3. The van der Waals surface area contributed by atoms with E-state index in [9.17, 15) is 14.4 Å². The Morgan fingerprint density at radius 3 is 2.89 bits per heavy atom. The van der Waals surface area contributed by atoms with Crippen molar-refractivity contribution in [2.45, 2.75) is 17.4 Å². The molecule has 1 N–H and O–H groups in total. The molecule has 3 aliphatic rings. The lowest BCUT2D eigenvalue weighted by Gasteiger charge is -2.26. The normalized spacial score (nSPS) is 32.9. The number of esters is 2. The molecule has 1 saturated heterocycles. The number of rotatable bonds is 5. The fraction of sp³-hybridized carbons (Fsp3) is 0.500. The van der Waals surface area contributed by atoms with Gasteiger partial charge in [-0.2, -0.15) is 0 Å². The molecule has 6 atom stereocenters. The summed E-state index contributed by atoms with van der Waals surface area (Å²) in [5.41, 5.74) is 0.383. The molecule has 0 aromatic heterocycles. The second-order valence-corrected chi connectivity index (χ2v) is 8.46. The second-order valence-electron chi connectivity index (χ2n) is 6.96. The van der Waals surface area contributed by atoms with Gasteiger partial charge >= 0.3 is 11.9 Å². The zero-order valence-electron chi connectivity index (χ0n) is 14.3. The third-order valence-corrected chi connectivity index (χ3v) is 7.01. The van der Waals surface area contributed by atoms with E-state index in [1.165, 1.54) is 7.11 Å². The van der Waals surface area contributed by atoms with Gasteiger partial charge in [0.15, 0.2) is 6.61 Å². The molecule has 9 heteroatoms. The summed E-state index contributed by atoms with van der Waals surface area (Å²) in [6.45, 7) is -0.458. The van der Waals surface area contributed by atoms with Crippen molar-refractivity contribution < 1.29 is 28.6 Å². The lowest BCUT2D eigenvalue weighted by atomic mass is 9.80. The van der Waals surface area contributed by atoms with Crippen molar-refractivity contribution in [3.05, 3.63) is 23.2 Å². The number of alkyl halides is 1. The van der Waals surface area contributed by atoms with Crippen LogP contribution in [0, 0.1) is 23.7 Å². The Bertz CT molecular complexity index is 817. The number of nitrogens with one attached hydrogen (secondary N) is 1. The molecule has 1 aliphatic heterocycles. The molecule has 1 heterocycles. The van der Waals surface area contributed by atoms with Gasteiger partial charge in [0.2, 0.25) is 0 Å². The van der Waals surface area contributed by atoms with E-state index in [0.29, 0.717) is 16.5 Å². The molecule has 1 amide bonds. The van der Waals surface area contributed by atoms with Gasteiger partial charge < -0.3 is 19.5 Å². The van der Waals surface area contributed by atoms with Crippen LogP contribution in [0.2, 0.25) is 5.02 Å². The van der Waals surface area contributed by atoms with E-state index in [-0.39, 0.29) is 28.7 Å². The van der Waals surface area contributed by atoms with E-state index in [2.05, 4.69) is 21.2 Å². The van der Waals surface area contributed by atoms with Crippen LogP contribution in [0.1, 0.15) is 6.42 Å². The lowest BCUT2D eigenvalue weighted by Crippen LogP contribution is -2.39. The summed E-state index contributed by atoms with van der Waals surface area (Å²) in [6.07, 6.45) is 0.595. The SMILES string of the molecule is COc1ccc(Cl)cc1NC(=O)COC(=O)[C@@H]1[C@H]2C[C@H]3[C@H](OC(=O)[C@H]31)[C@H]2Br. The van der Waals surface area contributed by atoms with Crippen LogP contribution in [0.5, 0.6) is 5.75 Å². The van der Waals surface area contributed by atoms with Gasteiger partial charge in [-0.05, 0) is 30.5 Å². The standard InChI is InChI=1S/C18H17BrClNO6/c1-25-11-3-2-7(20)4-10(11)21-12(22)6-26-17(23)13-8-5-9-14(13)18(24)27-16(9)15(8)19/h2-4,8-9,13-16H,5-6H2,1H3,(H,21,22)/t8-,9-,13-,14-,15+,16+/m1/s1. The zero-order valence-corrected chi connectivity index (χ0v) is 16.7. The van der Waals surface area contributed by atoms with Gasteiger partial charge in [-0.25, -0.2) is 0 Å². The number of carbonyl (C=O) groups excluding carboxylic acids is 3. The Balaban J connectivity index is 1.38. The highest BCUT2D eigenvalue weighted by Crippen LogP contribution is 2.60. The third kappa shape index (κ3) is 3.08. The molecule has 144 valence electrons. The monoisotopic (exact) mass is 457 g/mol. The fourth-order valence-electron chi connectivity index (χ4n) is 4.49. The largest absolute Gasteiger partial charge is 0.495 e. The highest BCUT2D eigenvalue weighted by atomic mass is 79.9. The van der Waals surface area contributed by atoms with Crippen molar-refractivity contribution in [2.24, 2.45) is 23.7 Å². The molecule has 1 aromatic rings. The molecule has 0 radical (unpaired) electrons. The second kappa shape index (κ2) is 6.98. The molecule has 7 nitrogen and oxygen atoms in total. The van der Waals surface area contributed by atoms with Gasteiger partial charge in [-0.1, -0.05) is 27.5 Å². The Hall–Kier alpha value is -1.80. The Kier molecular flexibility index (Phi) is 4.80. The van der Waals surface area contributed by atoms with Crippen molar-refractivity contribution in [1.82, 2.24) is 0 Å². The minimum atomic E-state index is -0.570. The Morgan fingerprint density at radius 1 is 1.37 bits per heavy atom. The number of methoxy groups -OCH3 is 1. The van der Waals surface area contributed by atoms with Crippen LogP contribution in [0.4, 0.5) is 5.69 Å². The van der Waals surface area contributed by atoms with E-state index in [0.717, 1.165) is 6.42 Å². The lowest BCUT2D eigenvalue weighted by molar-refractivity contribution is -0.157. The molecule has 2 saturated carbocycles. The highest BCUT2D eigenvalue weighted by Gasteiger charge is 2.68. The average Bonchev–Trinajstić information content (AvgIpc) is 3.24. The van der Waals surface area contributed by atoms with Crippen LogP contribution in [0.25, 0.3) is 0 Å². The number of fused-ring (bicyclic) bond motifs is 1. The van der Waals surface area contributed by atoms with Crippen molar-refractivity contribution in [2.75, 3.05) is 19.0 Å². The van der Waals surface area contributed by atoms with Crippen LogP contribution >= 0.6 is 27.5 Å². The number of carbonyl (C=O) groups is 3. The minimum absolute atomic E-state index is 0.0139. The predicted molar refractivity (Wildman–Crippen MR) is 98.8 cm³/mol. The smallest absolute Gasteiger partial charge is 0.310 e. The average molecular weight is 459 g/mol. The van der Waals surface area contributed by atoms with Crippen molar-refractivity contribution in [1.29, 1.82) is 0 Å². The van der Waals surface area contributed by atoms with E-state index < -0.39 is 30.3 Å². The maximum atomic E-state index is 12.6. The van der Waals surface area contributed by atoms with Crippen LogP contribution in [0.15, 0.2) is 18.2 Å². The Labute approximate surface area is 168 Å². The molecular formula is C18H17BrClNO6.